The molecule has 0 atom stereocenters. The van der Waals surface area contributed by atoms with Crippen molar-refractivity contribution >= 4 is 11.8 Å². The Bertz CT molecular complexity index is 640. The Morgan fingerprint density at radius 3 is 2.76 bits per heavy atom. The van der Waals surface area contributed by atoms with Crippen LogP contribution >= 0.6 is 0 Å². The third-order valence-electron chi connectivity index (χ3n) is 3.65. The van der Waals surface area contributed by atoms with Crippen LogP contribution in [0.5, 0.6) is 5.75 Å². The van der Waals surface area contributed by atoms with Crippen molar-refractivity contribution < 1.29 is 14.6 Å². The van der Waals surface area contributed by atoms with Gasteiger partial charge < -0.3 is 9.84 Å². The molecule has 108 valence electrons. The summed E-state index contributed by atoms with van der Waals surface area (Å²) in [5.74, 6) is 0.700. The lowest BCUT2D eigenvalue weighted by molar-refractivity contribution is 0.201. The Balaban J connectivity index is 1.78. The lowest BCUT2D eigenvalue weighted by Crippen LogP contribution is -2.34. The van der Waals surface area contributed by atoms with Crippen molar-refractivity contribution in [2.75, 3.05) is 11.4 Å². The van der Waals surface area contributed by atoms with Crippen molar-refractivity contribution in [3.63, 3.8) is 0 Å². The number of fused-ring (bicyclic) bond motifs is 1. The lowest BCUT2D eigenvalue weighted by Gasteiger charge is -2.27. The quantitative estimate of drug-likeness (QED) is 0.934. The van der Waals surface area contributed by atoms with E-state index in [1.54, 1.807) is 0 Å². The van der Waals surface area contributed by atoms with Crippen LogP contribution in [0.4, 0.5) is 10.5 Å². The zero-order valence-electron chi connectivity index (χ0n) is 11.7. The second-order valence-electron chi connectivity index (χ2n) is 5.10. The van der Waals surface area contributed by atoms with Gasteiger partial charge in [0.1, 0.15) is 12.4 Å². The third kappa shape index (κ3) is 2.99. The number of anilines is 1. The normalized spacial score (nSPS) is 13.6. The van der Waals surface area contributed by atoms with E-state index >= 15 is 0 Å². The number of ether oxygens (including phenoxy) is 1. The van der Waals surface area contributed by atoms with Gasteiger partial charge in [-0.2, -0.15) is 0 Å². The monoisotopic (exact) mass is 283 g/mol. The molecule has 4 heteroatoms. The molecule has 0 spiro atoms. The molecule has 0 fully saturated rings. The van der Waals surface area contributed by atoms with E-state index < -0.39 is 6.09 Å². The molecule has 0 saturated heterocycles. The number of aryl methyl sites for hydroxylation is 1. The van der Waals surface area contributed by atoms with Crippen LogP contribution in [0.3, 0.4) is 0 Å². The van der Waals surface area contributed by atoms with Crippen LogP contribution in [0.1, 0.15) is 17.5 Å². The first-order valence-corrected chi connectivity index (χ1v) is 7.04. The molecule has 2 aromatic carbocycles. The molecule has 2 aromatic rings. The average molecular weight is 283 g/mol. The van der Waals surface area contributed by atoms with Gasteiger partial charge in [0, 0.05) is 12.6 Å². The number of amides is 1. The number of hydrogen-bond acceptors (Lipinski definition) is 2. The van der Waals surface area contributed by atoms with Crippen LogP contribution in [0, 0.1) is 0 Å². The summed E-state index contributed by atoms with van der Waals surface area (Å²) < 4.78 is 5.77. The second kappa shape index (κ2) is 5.87. The molecule has 1 amide bonds. The summed E-state index contributed by atoms with van der Waals surface area (Å²) in [4.78, 5) is 12.7. The molecular weight excluding hydrogens is 266 g/mol. The molecule has 0 aliphatic carbocycles. The zero-order valence-corrected chi connectivity index (χ0v) is 11.7. The first-order valence-electron chi connectivity index (χ1n) is 7.04. The predicted molar refractivity (Wildman–Crippen MR) is 80.9 cm³/mol. The van der Waals surface area contributed by atoms with Crippen LogP contribution < -0.4 is 9.64 Å². The predicted octanol–water partition coefficient (Wildman–Crippen LogP) is 3.70. The van der Waals surface area contributed by atoms with Crippen molar-refractivity contribution in [3.8, 4) is 5.75 Å². The fourth-order valence-electron chi connectivity index (χ4n) is 2.58. The second-order valence-corrected chi connectivity index (χ2v) is 5.10. The van der Waals surface area contributed by atoms with Gasteiger partial charge in [-0.05, 0) is 30.0 Å². The highest BCUT2D eigenvalue weighted by Crippen LogP contribution is 2.31. The molecule has 0 saturated carbocycles. The molecular formula is C17H17NO3. The minimum atomic E-state index is -0.906. The number of rotatable bonds is 3. The van der Waals surface area contributed by atoms with Gasteiger partial charge in [0.05, 0.1) is 5.69 Å². The van der Waals surface area contributed by atoms with Crippen molar-refractivity contribution in [1.82, 2.24) is 0 Å². The topological polar surface area (TPSA) is 49.8 Å². The van der Waals surface area contributed by atoms with Crippen molar-refractivity contribution in [1.29, 1.82) is 0 Å². The summed E-state index contributed by atoms with van der Waals surface area (Å²) in [7, 11) is 0. The van der Waals surface area contributed by atoms with E-state index in [9.17, 15) is 9.90 Å². The Kier molecular flexibility index (Phi) is 3.77. The SMILES string of the molecule is O=C(O)N1CCCc2ccc(OCc3ccccc3)cc21. The molecule has 0 unspecified atom stereocenters. The number of carboxylic acid groups (broad SMARTS) is 1. The number of hydrogen-bond donors (Lipinski definition) is 1. The fourth-order valence-corrected chi connectivity index (χ4v) is 2.58. The molecule has 1 aliphatic rings. The minimum Gasteiger partial charge on any atom is -0.489 e. The maximum Gasteiger partial charge on any atom is 0.411 e. The van der Waals surface area contributed by atoms with Gasteiger partial charge >= 0.3 is 6.09 Å². The molecule has 1 aliphatic heterocycles. The summed E-state index contributed by atoms with van der Waals surface area (Å²) >= 11 is 0. The molecule has 0 bridgehead atoms. The van der Waals surface area contributed by atoms with E-state index in [-0.39, 0.29) is 0 Å². The molecule has 1 N–H and O–H groups in total. The van der Waals surface area contributed by atoms with E-state index in [4.69, 9.17) is 4.74 Å². The van der Waals surface area contributed by atoms with E-state index in [1.165, 1.54) is 4.90 Å². The Labute approximate surface area is 123 Å². The Morgan fingerprint density at radius 2 is 2.00 bits per heavy atom. The number of benzene rings is 2. The van der Waals surface area contributed by atoms with Gasteiger partial charge in [-0.15, -0.1) is 0 Å². The molecule has 0 aromatic heterocycles. The van der Waals surface area contributed by atoms with Crippen molar-refractivity contribution in [2.45, 2.75) is 19.4 Å². The van der Waals surface area contributed by atoms with Gasteiger partial charge in [0.25, 0.3) is 0 Å². The highest BCUT2D eigenvalue weighted by atomic mass is 16.5. The van der Waals surface area contributed by atoms with Crippen LogP contribution in [-0.4, -0.2) is 17.7 Å². The van der Waals surface area contributed by atoms with E-state index in [2.05, 4.69) is 0 Å². The first-order chi connectivity index (χ1) is 10.2. The van der Waals surface area contributed by atoms with Gasteiger partial charge in [-0.1, -0.05) is 36.4 Å². The van der Waals surface area contributed by atoms with Gasteiger partial charge in [-0.25, -0.2) is 4.79 Å². The standard InChI is InChI=1S/C17H17NO3/c19-17(20)18-10-4-7-14-8-9-15(11-16(14)18)21-12-13-5-2-1-3-6-13/h1-3,5-6,8-9,11H,4,7,10,12H2,(H,19,20). The summed E-state index contributed by atoms with van der Waals surface area (Å²) in [5.41, 5.74) is 2.90. The fraction of sp³-hybridized carbons (Fsp3) is 0.235. The Morgan fingerprint density at radius 1 is 1.19 bits per heavy atom. The third-order valence-corrected chi connectivity index (χ3v) is 3.65. The van der Waals surface area contributed by atoms with Gasteiger partial charge in [0.15, 0.2) is 0 Å². The average Bonchev–Trinajstić information content (AvgIpc) is 2.53. The molecule has 1 heterocycles. The maximum atomic E-state index is 11.3. The van der Waals surface area contributed by atoms with Crippen LogP contribution in [-0.2, 0) is 13.0 Å². The van der Waals surface area contributed by atoms with Crippen LogP contribution in [0.15, 0.2) is 48.5 Å². The maximum absolute atomic E-state index is 11.3. The summed E-state index contributed by atoms with van der Waals surface area (Å²) in [5, 5.41) is 9.27. The van der Waals surface area contributed by atoms with Crippen LogP contribution in [0.2, 0.25) is 0 Å². The summed E-state index contributed by atoms with van der Waals surface area (Å²) in [6.45, 7) is 1.02. The zero-order chi connectivity index (χ0) is 14.7. The molecule has 4 nitrogen and oxygen atoms in total. The number of nitrogens with zero attached hydrogens (tertiary/aromatic N) is 1. The highest BCUT2D eigenvalue weighted by molar-refractivity contribution is 5.88. The lowest BCUT2D eigenvalue weighted by atomic mass is 10.0. The van der Waals surface area contributed by atoms with E-state index in [1.807, 2.05) is 48.5 Å². The molecule has 0 radical (unpaired) electrons. The minimum absolute atomic E-state index is 0.479. The number of carbonyl (C=O) groups is 1. The van der Waals surface area contributed by atoms with E-state index in [0.29, 0.717) is 18.9 Å². The Hall–Kier alpha value is -2.49. The van der Waals surface area contributed by atoms with Gasteiger partial charge in [-0.3, -0.25) is 4.90 Å². The van der Waals surface area contributed by atoms with Crippen molar-refractivity contribution in [3.05, 3.63) is 59.7 Å². The largest absolute Gasteiger partial charge is 0.489 e. The summed E-state index contributed by atoms with van der Waals surface area (Å²) in [6, 6.07) is 15.6. The summed E-state index contributed by atoms with van der Waals surface area (Å²) in [6.07, 6.45) is 0.873. The molecule has 3 rings (SSSR count). The highest BCUT2D eigenvalue weighted by Gasteiger charge is 2.22. The first kappa shape index (κ1) is 13.5. The van der Waals surface area contributed by atoms with E-state index in [0.717, 1.165) is 29.7 Å². The molecule has 21 heavy (non-hydrogen) atoms. The smallest absolute Gasteiger partial charge is 0.411 e. The van der Waals surface area contributed by atoms with Crippen LogP contribution in [0.25, 0.3) is 0 Å². The van der Waals surface area contributed by atoms with Crippen molar-refractivity contribution in [2.24, 2.45) is 0 Å². The van der Waals surface area contributed by atoms with Gasteiger partial charge in [0.2, 0.25) is 0 Å².